The number of carbonyl (C=O) groups is 2. The average molecular weight is 574 g/mol. The van der Waals surface area contributed by atoms with Crippen LogP contribution in [-0.4, -0.2) is 87.0 Å². The molecule has 4 aromatic rings. The number of aromatic nitrogens is 2. The molecule has 2 aliphatic heterocycles. The molecule has 0 atom stereocenters. The average Bonchev–Trinajstić information content (AvgIpc) is 3.64. The highest BCUT2D eigenvalue weighted by Gasteiger charge is 2.35. The Bertz CT molecular complexity index is 1490. The molecule has 0 radical (unpaired) electrons. The standard InChI is InChI=1S/C32H35N3O7/c36-31-29-25-21-34(27-7-3-1-5-23(25)27)9-11-38-13-15-40-17-19-42-20-18-41-16-14-39-12-10-35-22-26(30(29)32(37)33-31)24-6-2-4-8-28(24)35/h1-8,21-22H,9-20H2,(H,33,36,37). The van der Waals surface area contributed by atoms with E-state index in [9.17, 15) is 9.59 Å². The molecule has 0 saturated carbocycles. The van der Waals surface area contributed by atoms with E-state index in [2.05, 4.69) is 14.5 Å². The monoisotopic (exact) mass is 573 g/mol. The molecule has 1 N–H and O–H groups in total. The second-order valence-corrected chi connectivity index (χ2v) is 10.1. The van der Waals surface area contributed by atoms with E-state index in [1.807, 2.05) is 60.9 Å². The molecule has 4 bridgehead atoms. The van der Waals surface area contributed by atoms with E-state index >= 15 is 0 Å². The quantitative estimate of drug-likeness (QED) is 0.322. The van der Waals surface area contributed by atoms with Crippen LogP contribution < -0.4 is 5.32 Å². The first-order valence-electron chi connectivity index (χ1n) is 14.4. The number of hydrogen-bond acceptors (Lipinski definition) is 7. The first-order valence-corrected chi connectivity index (χ1v) is 14.4. The predicted octanol–water partition coefficient (Wildman–Crippen LogP) is 3.26. The Kier molecular flexibility index (Phi) is 9.07. The first-order chi connectivity index (χ1) is 20.7. The lowest BCUT2D eigenvalue weighted by molar-refractivity contribution is -0.122. The van der Waals surface area contributed by atoms with Gasteiger partial charge in [0.25, 0.3) is 11.8 Å². The van der Waals surface area contributed by atoms with E-state index in [-0.39, 0.29) is 0 Å². The number of nitrogens with zero attached hydrogens (tertiary/aromatic N) is 2. The number of benzene rings is 2. The fourth-order valence-electron chi connectivity index (χ4n) is 5.54. The fraction of sp³-hybridized carbons (Fsp3) is 0.375. The van der Waals surface area contributed by atoms with Gasteiger partial charge in [0.2, 0.25) is 0 Å². The molecule has 0 spiro atoms. The maximum Gasteiger partial charge on any atom is 0.259 e. The Morgan fingerprint density at radius 3 is 1.26 bits per heavy atom. The number of amides is 2. The van der Waals surface area contributed by atoms with Gasteiger partial charge in [0.15, 0.2) is 0 Å². The summed E-state index contributed by atoms with van der Waals surface area (Å²) in [6.45, 7) is 5.97. The second kappa shape index (κ2) is 13.5. The zero-order valence-electron chi connectivity index (χ0n) is 23.5. The molecular weight excluding hydrogens is 538 g/mol. The Labute approximate surface area is 243 Å². The van der Waals surface area contributed by atoms with Crippen molar-refractivity contribution in [2.45, 2.75) is 13.1 Å². The van der Waals surface area contributed by atoms with Crippen LogP contribution in [-0.2, 0) is 46.4 Å². The molecule has 2 amide bonds. The largest absolute Gasteiger partial charge is 0.377 e. The van der Waals surface area contributed by atoms with Gasteiger partial charge < -0.3 is 32.8 Å². The lowest BCUT2D eigenvalue weighted by Gasteiger charge is -2.09. The van der Waals surface area contributed by atoms with Crippen molar-refractivity contribution in [1.29, 1.82) is 0 Å². The lowest BCUT2D eigenvalue weighted by Crippen LogP contribution is -2.22. The molecule has 6 rings (SSSR count). The van der Waals surface area contributed by atoms with Crippen molar-refractivity contribution in [3.63, 3.8) is 0 Å². The number of ether oxygens (including phenoxy) is 5. The van der Waals surface area contributed by atoms with Gasteiger partial charge in [-0.1, -0.05) is 36.4 Å². The molecule has 220 valence electrons. The molecule has 0 unspecified atom stereocenters. The van der Waals surface area contributed by atoms with Gasteiger partial charge in [0.05, 0.1) is 77.2 Å². The molecular formula is C32H35N3O7. The summed E-state index contributed by atoms with van der Waals surface area (Å²) in [6, 6.07) is 15.8. The summed E-state index contributed by atoms with van der Waals surface area (Å²) >= 11 is 0. The van der Waals surface area contributed by atoms with Crippen LogP contribution in [0.3, 0.4) is 0 Å². The van der Waals surface area contributed by atoms with E-state index in [4.69, 9.17) is 23.7 Å². The SMILES string of the molecule is O=C1NC(=O)C2=C1c1cn(c3ccccc13)CCOCCOCCOCCOCCOCCn1cc2c2ccccc21. The van der Waals surface area contributed by atoms with Crippen molar-refractivity contribution in [3.05, 3.63) is 72.1 Å². The third-order valence-corrected chi connectivity index (χ3v) is 7.49. The van der Waals surface area contributed by atoms with E-state index < -0.39 is 11.8 Å². The summed E-state index contributed by atoms with van der Waals surface area (Å²) in [5, 5.41) is 4.36. The van der Waals surface area contributed by atoms with Crippen LogP contribution in [0.2, 0.25) is 0 Å². The Hall–Kier alpha value is -3.80. The highest BCUT2D eigenvalue weighted by atomic mass is 16.6. The molecule has 10 nitrogen and oxygen atoms in total. The minimum Gasteiger partial charge on any atom is -0.377 e. The minimum atomic E-state index is -0.396. The van der Waals surface area contributed by atoms with E-state index in [0.29, 0.717) is 90.3 Å². The van der Waals surface area contributed by atoms with Gasteiger partial charge in [0.1, 0.15) is 0 Å². The van der Waals surface area contributed by atoms with E-state index in [0.717, 1.165) is 32.9 Å². The van der Waals surface area contributed by atoms with Crippen molar-refractivity contribution < 1.29 is 33.3 Å². The van der Waals surface area contributed by atoms with E-state index in [1.165, 1.54) is 0 Å². The van der Waals surface area contributed by atoms with Crippen LogP contribution in [0.15, 0.2) is 60.9 Å². The minimum absolute atomic E-state index is 0.383. The zero-order chi connectivity index (χ0) is 28.7. The van der Waals surface area contributed by atoms with E-state index in [1.54, 1.807) is 0 Å². The van der Waals surface area contributed by atoms with Crippen LogP contribution >= 0.6 is 0 Å². The van der Waals surface area contributed by atoms with Gasteiger partial charge in [-0.2, -0.15) is 0 Å². The van der Waals surface area contributed by atoms with Crippen molar-refractivity contribution >= 4 is 44.8 Å². The van der Waals surface area contributed by atoms with Gasteiger partial charge in [-0.25, -0.2) is 0 Å². The molecule has 42 heavy (non-hydrogen) atoms. The summed E-state index contributed by atoms with van der Waals surface area (Å²) in [6.07, 6.45) is 3.90. The summed E-state index contributed by atoms with van der Waals surface area (Å²) in [5.41, 5.74) is 4.14. The zero-order valence-corrected chi connectivity index (χ0v) is 23.5. The Balaban J connectivity index is 1.37. The molecule has 0 aliphatic carbocycles. The molecule has 2 aliphatic rings. The topological polar surface area (TPSA) is 102 Å². The number of imide groups is 1. The van der Waals surface area contributed by atoms with Gasteiger partial charge in [0, 0.05) is 58.4 Å². The smallest absolute Gasteiger partial charge is 0.259 e. The lowest BCUT2D eigenvalue weighted by atomic mass is 9.95. The second-order valence-electron chi connectivity index (χ2n) is 10.1. The molecule has 0 fully saturated rings. The van der Waals surface area contributed by atoms with Crippen LogP contribution in [0.5, 0.6) is 0 Å². The third kappa shape index (κ3) is 6.04. The first kappa shape index (κ1) is 28.3. The van der Waals surface area contributed by atoms with Gasteiger partial charge in [-0.05, 0) is 12.1 Å². The molecule has 4 heterocycles. The maximum atomic E-state index is 13.4. The van der Waals surface area contributed by atoms with Crippen LogP contribution in [0.4, 0.5) is 0 Å². The van der Waals surface area contributed by atoms with Gasteiger partial charge in [-0.3, -0.25) is 14.9 Å². The third-order valence-electron chi connectivity index (χ3n) is 7.49. The van der Waals surface area contributed by atoms with Crippen LogP contribution in [0.1, 0.15) is 11.1 Å². The highest BCUT2D eigenvalue weighted by molar-refractivity contribution is 6.50. The van der Waals surface area contributed by atoms with Gasteiger partial charge in [-0.15, -0.1) is 0 Å². The van der Waals surface area contributed by atoms with Gasteiger partial charge >= 0.3 is 0 Å². The molecule has 2 aromatic heterocycles. The number of fused-ring (bicyclic) bond motifs is 12. The van der Waals surface area contributed by atoms with Crippen LogP contribution in [0, 0.1) is 0 Å². The Morgan fingerprint density at radius 1 is 0.500 bits per heavy atom. The summed E-state index contributed by atoms with van der Waals surface area (Å²) in [5.74, 6) is -0.791. The summed E-state index contributed by atoms with van der Waals surface area (Å²) < 4.78 is 32.5. The highest BCUT2D eigenvalue weighted by Crippen LogP contribution is 2.39. The maximum absolute atomic E-state index is 13.4. The Morgan fingerprint density at radius 2 is 0.857 bits per heavy atom. The molecule has 10 heteroatoms. The number of hydrogen-bond donors (Lipinski definition) is 1. The normalized spacial score (nSPS) is 19.0. The molecule has 2 aromatic carbocycles. The number of nitrogens with one attached hydrogen (secondary N) is 1. The van der Waals surface area contributed by atoms with Crippen molar-refractivity contribution in [1.82, 2.24) is 14.5 Å². The summed E-state index contributed by atoms with van der Waals surface area (Å²) in [4.78, 5) is 26.7. The fourth-order valence-corrected chi connectivity index (χ4v) is 5.54. The van der Waals surface area contributed by atoms with Crippen molar-refractivity contribution in [3.8, 4) is 0 Å². The molecule has 0 saturated heterocycles. The van der Waals surface area contributed by atoms with Crippen molar-refractivity contribution in [2.24, 2.45) is 0 Å². The van der Waals surface area contributed by atoms with Crippen LogP contribution in [0.25, 0.3) is 33.0 Å². The predicted molar refractivity (Wildman–Crippen MR) is 158 cm³/mol. The number of para-hydroxylation sites is 2. The van der Waals surface area contributed by atoms with Crippen molar-refractivity contribution in [2.75, 3.05) is 66.1 Å². The number of carbonyl (C=O) groups excluding carboxylic acids is 2. The summed E-state index contributed by atoms with van der Waals surface area (Å²) in [7, 11) is 0. The number of rotatable bonds is 0.